The van der Waals surface area contributed by atoms with Gasteiger partial charge in [-0.3, -0.25) is 4.79 Å². The summed E-state index contributed by atoms with van der Waals surface area (Å²) in [5, 5.41) is 9.28. The zero-order valence-electron chi connectivity index (χ0n) is 13.1. The summed E-state index contributed by atoms with van der Waals surface area (Å²) in [7, 11) is 1.88. The van der Waals surface area contributed by atoms with E-state index in [9.17, 15) is 9.90 Å². The predicted octanol–water partition coefficient (Wildman–Crippen LogP) is 3.53. The zero-order chi connectivity index (χ0) is 15.4. The van der Waals surface area contributed by atoms with Gasteiger partial charge in [-0.2, -0.15) is 0 Å². The highest BCUT2D eigenvalue weighted by Gasteiger charge is 2.14. The molecule has 0 aliphatic rings. The Morgan fingerprint density at radius 2 is 2.05 bits per heavy atom. The predicted molar refractivity (Wildman–Crippen MR) is 84.5 cm³/mol. The number of Topliss-reactive ketones (excluding diaryl/α,β-unsaturated/α-hetero) is 1. The summed E-state index contributed by atoms with van der Waals surface area (Å²) < 4.78 is 1.87. The molecule has 0 radical (unpaired) electrons. The molecule has 0 bridgehead atoms. The van der Waals surface area contributed by atoms with E-state index in [1.807, 2.05) is 30.7 Å². The Morgan fingerprint density at radius 3 is 2.71 bits per heavy atom. The highest BCUT2D eigenvalue weighted by Crippen LogP contribution is 2.22. The molecule has 1 aromatic heterocycles. The standard InChI is InChI=1S/C17H24N2O2/c1-4-5-6-7-8-16(21)13-10-14-15(9-12(13)2)19(3)17(11-20)18-14/h9-10,20H,4-8,11H2,1-3H3. The van der Waals surface area contributed by atoms with E-state index >= 15 is 0 Å². The van der Waals surface area contributed by atoms with Gasteiger partial charge in [0.1, 0.15) is 12.4 Å². The summed E-state index contributed by atoms with van der Waals surface area (Å²) in [5.74, 6) is 0.818. The number of imidazole rings is 1. The second kappa shape index (κ2) is 6.85. The van der Waals surface area contributed by atoms with Gasteiger partial charge in [0.25, 0.3) is 0 Å². The Bertz CT molecular complexity index is 644. The van der Waals surface area contributed by atoms with Crippen molar-refractivity contribution in [1.29, 1.82) is 0 Å². The van der Waals surface area contributed by atoms with Crippen LogP contribution in [0.25, 0.3) is 11.0 Å². The number of aliphatic hydroxyl groups excluding tert-OH is 1. The van der Waals surface area contributed by atoms with E-state index in [-0.39, 0.29) is 12.4 Å². The highest BCUT2D eigenvalue weighted by molar-refractivity contribution is 6.00. The molecule has 2 aromatic rings. The van der Waals surface area contributed by atoms with Crippen LogP contribution >= 0.6 is 0 Å². The van der Waals surface area contributed by atoms with Gasteiger partial charge in [-0.25, -0.2) is 4.98 Å². The molecule has 0 saturated heterocycles. The normalized spacial score (nSPS) is 11.2. The van der Waals surface area contributed by atoms with Crippen molar-refractivity contribution in [3.05, 3.63) is 29.1 Å². The third-order valence-electron chi connectivity index (χ3n) is 4.02. The minimum atomic E-state index is -0.0927. The van der Waals surface area contributed by atoms with Crippen molar-refractivity contribution in [3.8, 4) is 0 Å². The molecule has 0 atom stereocenters. The number of carbonyl (C=O) groups excluding carboxylic acids is 1. The number of rotatable bonds is 7. The fourth-order valence-electron chi connectivity index (χ4n) is 2.68. The van der Waals surface area contributed by atoms with Gasteiger partial charge in [-0.15, -0.1) is 0 Å². The molecule has 0 fully saturated rings. The van der Waals surface area contributed by atoms with E-state index in [0.29, 0.717) is 12.2 Å². The van der Waals surface area contributed by atoms with E-state index in [1.165, 1.54) is 12.8 Å². The maximum absolute atomic E-state index is 12.3. The summed E-state index contributed by atoms with van der Waals surface area (Å²) in [5.41, 5.74) is 3.49. The average Bonchev–Trinajstić information content (AvgIpc) is 2.78. The second-order valence-corrected chi connectivity index (χ2v) is 5.63. The van der Waals surface area contributed by atoms with E-state index in [0.717, 1.165) is 35.0 Å². The molecule has 0 spiro atoms. The SMILES string of the molecule is CCCCCCC(=O)c1cc2nc(CO)n(C)c2cc1C. The monoisotopic (exact) mass is 288 g/mol. The Kier molecular flexibility index (Phi) is 5.12. The molecule has 1 heterocycles. The van der Waals surface area contributed by atoms with Crippen LogP contribution in [0.5, 0.6) is 0 Å². The average molecular weight is 288 g/mol. The lowest BCUT2D eigenvalue weighted by molar-refractivity contribution is 0.0978. The number of fused-ring (bicyclic) bond motifs is 1. The van der Waals surface area contributed by atoms with Crippen LogP contribution in [0, 0.1) is 6.92 Å². The number of nitrogens with zero attached hydrogens (tertiary/aromatic N) is 2. The Hall–Kier alpha value is -1.68. The molecule has 2 rings (SSSR count). The fourth-order valence-corrected chi connectivity index (χ4v) is 2.68. The maximum Gasteiger partial charge on any atom is 0.163 e. The van der Waals surface area contributed by atoms with E-state index in [2.05, 4.69) is 11.9 Å². The van der Waals surface area contributed by atoms with Gasteiger partial charge in [0.05, 0.1) is 11.0 Å². The molecule has 0 amide bonds. The minimum Gasteiger partial charge on any atom is -0.388 e. The van der Waals surface area contributed by atoms with Gasteiger partial charge < -0.3 is 9.67 Å². The molecule has 4 nitrogen and oxygen atoms in total. The van der Waals surface area contributed by atoms with Crippen LogP contribution in [-0.2, 0) is 13.7 Å². The molecule has 0 saturated carbocycles. The Morgan fingerprint density at radius 1 is 1.29 bits per heavy atom. The van der Waals surface area contributed by atoms with E-state index in [1.54, 1.807) is 0 Å². The fraction of sp³-hybridized carbons (Fsp3) is 0.529. The van der Waals surface area contributed by atoms with Gasteiger partial charge in [0.2, 0.25) is 0 Å². The first-order chi connectivity index (χ1) is 10.1. The number of benzene rings is 1. The lowest BCUT2D eigenvalue weighted by atomic mass is 9.99. The van der Waals surface area contributed by atoms with E-state index in [4.69, 9.17) is 0 Å². The van der Waals surface area contributed by atoms with Gasteiger partial charge in [-0.1, -0.05) is 26.2 Å². The molecule has 114 valence electrons. The van der Waals surface area contributed by atoms with Crippen molar-refractivity contribution < 1.29 is 9.90 Å². The van der Waals surface area contributed by atoms with Gasteiger partial charge in [0.15, 0.2) is 5.78 Å². The van der Waals surface area contributed by atoms with Crippen LogP contribution in [0.3, 0.4) is 0 Å². The summed E-state index contributed by atoms with van der Waals surface area (Å²) in [6, 6.07) is 3.85. The summed E-state index contributed by atoms with van der Waals surface area (Å²) in [6.45, 7) is 4.04. The number of ketones is 1. The number of hydrogen-bond acceptors (Lipinski definition) is 3. The first kappa shape index (κ1) is 15.7. The van der Waals surface area contributed by atoms with Gasteiger partial charge >= 0.3 is 0 Å². The molecular weight excluding hydrogens is 264 g/mol. The van der Waals surface area contributed by atoms with Crippen molar-refractivity contribution in [2.24, 2.45) is 7.05 Å². The van der Waals surface area contributed by atoms with Crippen LogP contribution in [0.2, 0.25) is 0 Å². The summed E-state index contributed by atoms with van der Waals surface area (Å²) >= 11 is 0. The van der Waals surface area contributed by atoms with Crippen molar-refractivity contribution in [3.63, 3.8) is 0 Å². The van der Waals surface area contributed by atoms with Gasteiger partial charge in [0, 0.05) is 19.0 Å². The van der Waals surface area contributed by atoms with Crippen LogP contribution in [-0.4, -0.2) is 20.4 Å². The van der Waals surface area contributed by atoms with Crippen molar-refractivity contribution >= 4 is 16.8 Å². The molecule has 4 heteroatoms. The Labute approximate surface area is 125 Å². The maximum atomic E-state index is 12.3. The topological polar surface area (TPSA) is 55.1 Å². The van der Waals surface area contributed by atoms with Crippen LogP contribution in [0.4, 0.5) is 0 Å². The molecule has 1 N–H and O–H groups in total. The summed E-state index contributed by atoms with van der Waals surface area (Å²) in [6.07, 6.45) is 5.03. The molecule has 1 aromatic carbocycles. The molecular formula is C17H24N2O2. The van der Waals surface area contributed by atoms with Crippen LogP contribution < -0.4 is 0 Å². The van der Waals surface area contributed by atoms with Crippen LogP contribution in [0.15, 0.2) is 12.1 Å². The zero-order valence-corrected chi connectivity index (χ0v) is 13.1. The number of unbranched alkanes of at least 4 members (excludes halogenated alkanes) is 3. The molecule has 0 unspecified atom stereocenters. The van der Waals surface area contributed by atoms with Crippen molar-refractivity contribution in [1.82, 2.24) is 9.55 Å². The number of aliphatic hydroxyl groups is 1. The highest BCUT2D eigenvalue weighted by atomic mass is 16.3. The molecule has 21 heavy (non-hydrogen) atoms. The van der Waals surface area contributed by atoms with Crippen LogP contribution in [0.1, 0.15) is 60.8 Å². The second-order valence-electron chi connectivity index (χ2n) is 5.63. The minimum absolute atomic E-state index is 0.0927. The van der Waals surface area contributed by atoms with Crippen molar-refractivity contribution in [2.45, 2.75) is 52.6 Å². The lowest BCUT2D eigenvalue weighted by Gasteiger charge is -2.06. The molecule has 0 aliphatic heterocycles. The lowest BCUT2D eigenvalue weighted by Crippen LogP contribution is -2.02. The third-order valence-corrected chi connectivity index (χ3v) is 4.02. The van der Waals surface area contributed by atoms with Gasteiger partial charge in [-0.05, 0) is 31.0 Å². The number of aryl methyl sites for hydroxylation is 2. The molecule has 0 aliphatic carbocycles. The quantitative estimate of drug-likeness (QED) is 0.626. The number of carbonyl (C=O) groups is 1. The first-order valence-corrected chi connectivity index (χ1v) is 7.68. The van der Waals surface area contributed by atoms with Crippen molar-refractivity contribution in [2.75, 3.05) is 0 Å². The number of aromatic nitrogens is 2. The largest absolute Gasteiger partial charge is 0.388 e. The summed E-state index contributed by atoms with van der Waals surface area (Å²) in [4.78, 5) is 16.7. The first-order valence-electron chi connectivity index (χ1n) is 7.68. The Balaban J connectivity index is 2.24. The third kappa shape index (κ3) is 3.32. The number of hydrogen-bond donors (Lipinski definition) is 1. The van der Waals surface area contributed by atoms with E-state index < -0.39 is 0 Å². The smallest absolute Gasteiger partial charge is 0.163 e.